The molecule has 0 spiro atoms. The van der Waals surface area contributed by atoms with E-state index < -0.39 is 0 Å². The SMILES string of the molecule is CCCC(CC)n1c(CCl)nc2ccc(OC)nc21. The average molecular weight is 282 g/mol. The Bertz CT molecular complexity index is 553. The minimum atomic E-state index is 0.392. The van der Waals surface area contributed by atoms with Crippen molar-refractivity contribution in [1.29, 1.82) is 0 Å². The fourth-order valence-corrected chi connectivity index (χ4v) is 2.63. The maximum Gasteiger partial charge on any atom is 0.215 e. The van der Waals surface area contributed by atoms with Crippen LogP contribution in [-0.4, -0.2) is 21.6 Å². The monoisotopic (exact) mass is 281 g/mol. The quantitative estimate of drug-likeness (QED) is 0.753. The zero-order chi connectivity index (χ0) is 13.8. The molecule has 2 heterocycles. The number of nitrogens with zero attached hydrogens (tertiary/aromatic N) is 3. The van der Waals surface area contributed by atoms with Gasteiger partial charge in [-0.15, -0.1) is 11.6 Å². The Hall–Kier alpha value is -1.29. The van der Waals surface area contributed by atoms with Gasteiger partial charge in [0.1, 0.15) is 11.3 Å². The van der Waals surface area contributed by atoms with E-state index in [0.717, 1.165) is 36.3 Å². The van der Waals surface area contributed by atoms with E-state index >= 15 is 0 Å². The lowest BCUT2D eigenvalue weighted by Crippen LogP contribution is -2.11. The molecule has 0 fully saturated rings. The zero-order valence-electron chi connectivity index (χ0n) is 11.7. The summed E-state index contributed by atoms with van der Waals surface area (Å²) in [4.78, 5) is 9.10. The van der Waals surface area contributed by atoms with Gasteiger partial charge in [-0.1, -0.05) is 20.3 Å². The van der Waals surface area contributed by atoms with Crippen LogP contribution in [0.1, 0.15) is 45.0 Å². The highest BCUT2D eigenvalue weighted by Gasteiger charge is 2.18. The number of pyridine rings is 1. The molecule has 1 atom stereocenters. The number of imidazole rings is 1. The Labute approximate surface area is 118 Å². The summed E-state index contributed by atoms with van der Waals surface area (Å²) in [6, 6.07) is 4.16. The first-order valence-corrected chi connectivity index (χ1v) is 7.26. The van der Waals surface area contributed by atoms with Gasteiger partial charge in [0, 0.05) is 12.1 Å². The number of aromatic nitrogens is 3. The van der Waals surface area contributed by atoms with Gasteiger partial charge in [0.2, 0.25) is 5.88 Å². The van der Waals surface area contributed by atoms with Gasteiger partial charge in [0.25, 0.3) is 0 Å². The van der Waals surface area contributed by atoms with Crippen LogP contribution in [0.3, 0.4) is 0 Å². The van der Waals surface area contributed by atoms with E-state index in [4.69, 9.17) is 16.3 Å². The molecule has 1 unspecified atom stereocenters. The molecule has 0 aliphatic heterocycles. The van der Waals surface area contributed by atoms with Crippen molar-refractivity contribution >= 4 is 22.8 Å². The zero-order valence-corrected chi connectivity index (χ0v) is 12.4. The summed E-state index contributed by atoms with van der Waals surface area (Å²) in [6.45, 7) is 4.38. The predicted octanol–water partition coefficient (Wildman–Crippen LogP) is 3.93. The third-order valence-corrected chi connectivity index (χ3v) is 3.61. The van der Waals surface area contributed by atoms with Gasteiger partial charge in [-0.25, -0.2) is 4.98 Å². The normalized spacial score (nSPS) is 12.8. The summed E-state index contributed by atoms with van der Waals surface area (Å²) in [5, 5.41) is 0. The number of halogens is 1. The third-order valence-electron chi connectivity index (χ3n) is 3.37. The van der Waals surface area contributed by atoms with E-state index in [9.17, 15) is 0 Å². The Morgan fingerprint density at radius 1 is 1.32 bits per heavy atom. The molecule has 0 aliphatic rings. The van der Waals surface area contributed by atoms with Crippen molar-refractivity contribution in [1.82, 2.24) is 14.5 Å². The van der Waals surface area contributed by atoms with Crippen molar-refractivity contribution < 1.29 is 4.74 Å². The number of rotatable bonds is 6. The summed E-state index contributed by atoms with van der Waals surface area (Å²) in [5.74, 6) is 1.90. The highest BCUT2D eigenvalue weighted by molar-refractivity contribution is 6.16. The highest BCUT2D eigenvalue weighted by atomic mass is 35.5. The molecule has 2 aromatic rings. The average Bonchev–Trinajstić information content (AvgIpc) is 2.82. The molecule has 0 N–H and O–H groups in total. The van der Waals surface area contributed by atoms with Crippen LogP contribution in [0.15, 0.2) is 12.1 Å². The van der Waals surface area contributed by atoms with Crippen molar-refractivity contribution in [2.75, 3.05) is 7.11 Å². The van der Waals surface area contributed by atoms with Gasteiger partial charge in [-0.05, 0) is 18.9 Å². The van der Waals surface area contributed by atoms with E-state index in [1.807, 2.05) is 12.1 Å². The Morgan fingerprint density at radius 3 is 2.68 bits per heavy atom. The van der Waals surface area contributed by atoms with E-state index in [-0.39, 0.29) is 0 Å². The van der Waals surface area contributed by atoms with Gasteiger partial charge < -0.3 is 9.30 Å². The van der Waals surface area contributed by atoms with Crippen LogP contribution in [-0.2, 0) is 5.88 Å². The number of hydrogen-bond donors (Lipinski definition) is 0. The standard InChI is InChI=1S/C14H20ClN3O/c1-4-6-10(5-2)18-12(9-15)16-11-7-8-13(19-3)17-14(11)18/h7-8,10H,4-6,9H2,1-3H3. The molecule has 0 aliphatic carbocycles. The number of alkyl halides is 1. The molecule has 0 aromatic carbocycles. The topological polar surface area (TPSA) is 39.9 Å². The van der Waals surface area contributed by atoms with Crippen LogP contribution in [0.25, 0.3) is 11.2 Å². The summed E-state index contributed by atoms with van der Waals surface area (Å²) in [6.07, 6.45) is 3.27. The second-order valence-electron chi connectivity index (χ2n) is 4.58. The van der Waals surface area contributed by atoms with Crippen molar-refractivity contribution in [3.8, 4) is 5.88 Å². The van der Waals surface area contributed by atoms with E-state index in [1.54, 1.807) is 7.11 Å². The van der Waals surface area contributed by atoms with E-state index in [1.165, 1.54) is 0 Å². The van der Waals surface area contributed by atoms with Gasteiger partial charge in [0.05, 0.1) is 13.0 Å². The number of ether oxygens (including phenoxy) is 1. The van der Waals surface area contributed by atoms with Crippen molar-refractivity contribution in [2.24, 2.45) is 0 Å². The van der Waals surface area contributed by atoms with Crippen LogP contribution in [0.4, 0.5) is 0 Å². The van der Waals surface area contributed by atoms with Crippen molar-refractivity contribution in [3.63, 3.8) is 0 Å². The summed E-state index contributed by atoms with van der Waals surface area (Å²) in [5.41, 5.74) is 1.75. The minimum absolute atomic E-state index is 0.392. The van der Waals surface area contributed by atoms with Gasteiger partial charge in [-0.3, -0.25) is 0 Å². The van der Waals surface area contributed by atoms with Crippen LogP contribution >= 0.6 is 11.6 Å². The molecular formula is C14H20ClN3O. The summed E-state index contributed by atoms with van der Waals surface area (Å²) in [7, 11) is 1.63. The van der Waals surface area contributed by atoms with Crippen molar-refractivity contribution in [2.45, 2.75) is 45.0 Å². The maximum absolute atomic E-state index is 6.04. The van der Waals surface area contributed by atoms with Gasteiger partial charge in [-0.2, -0.15) is 4.98 Å². The third kappa shape index (κ3) is 2.68. The second-order valence-corrected chi connectivity index (χ2v) is 4.85. The predicted molar refractivity (Wildman–Crippen MR) is 77.9 cm³/mol. The molecule has 2 rings (SSSR count). The number of hydrogen-bond acceptors (Lipinski definition) is 3. The lowest BCUT2D eigenvalue weighted by atomic mass is 10.1. The van der Waals surface area contributed by atoms with Gasteiger partial charge >= 0.3 is 0 Å². The summed E-state index contributed by atoms with van der Waals surface area (Å²) >= 11 is 6.04. The van der Waals surface area contributed by atoms with Gasteiger partial charge in [0.15, 0.2) is 5.65 Å². The minimum Gasteiger partial charge on any atom is -0.481 e. The molecule has 0 saturated heterocycles. The number of fused-ring (bicyclic) bond motifs is 1. The van der Waals surface area contributed by atoms with E-state index in [2.05, 4.69) is 28.4 Å². The Balaban J connectivity index is 2.59. The fourth-order valence-electron chi connectivity index (χ4n) is 2.44. The smallest absolute Gasteiger partial charge is 0.215 e. The van der Waals surface area contributed by atoms with Crippen LogP contribution in [0, 0.1) is 0 Å². The molecule has 0 saturated carbocycles. The Kier molecular flexibility index (Phi) is 4.64. The molecule has 0 amide bonds. The molecule has 4 nitrogen and oxygen atoms in total. The number of methoxy groups -OCH3 is 1. The first-order chi connectivity index (χ1) is 9.24. The van der Waals surface area contributed by atoms with Crippen LogP contribution in [0.5, 0.6) is 5.88 Å². The molecule has 2 aromatic heterocycles. The first-order valence-electron chi connectivity index (χ1n) is 6.72. The van der Waals surface area contributed by atoms with Crippen LogP contribution < -0.4 is 4.74 Å². The maximum atomic E-state index is 6.04. The fraction of sp³-hybridized carbons (Fsp3) is 0.571. The van der Waals surface area contributed by atoms with Crippen LogP contribution in [0.2, 0.25) is 0 Å². The molecule has 104 valence electrons. The largest absolute Gasteiger partial charge is 0.481 e. The molecular weight excluding hydrogens is 262 g/mol. The Morgan fingerprint density at radius 2 is 2.11 bits per heavy atom. The molecule has 0 radical (unpaired) electrons. The van der Waals surface area contributed by atoms with E-state index in [0.29, 0.717) is 17.8 Å². The first kappa shape index (κ1) is 14.1. The molecule has 0 bridgehead atoms. The summed E-state index contributed by atoms with van der Waals surface area (Å²) < 4.78 is 7.38. The lowest BCUT2D eigenvalue weighted by Gasteiger charge is -2.18. The lowest BCUT2D eigenvalue weighted by molar-refractivity contribution is 0.396. The highest BCUT2D eigenvalue weighted by Crippen LogP contribution is 2.27. The second kappa shape index (κ2) is 6.24. The van der Waals surface area contributed by atoms with Crippen molar-refractivity contribution in [3.05, 3.63) is 18.0 Å². The molecule has 19 heavy (non-hydrogen) atoms. The molecule has 5 heteroatoms.